The van der Waals surface area contributed by atoms with Crippen LogP contribution in [0.15, 0.2) is 48.5 Å². The van der Waals surface area contributed by atoms with E-state index < -0.39 is 7.81 Å². The molecular formula is C26H38F6IO2PSi. The van der Waals surface area contributed by atoms with Gasteiger partial charge in [-0.15, -0.1) is 0 Å². The predicted molar refractivity (Wildman–Crippen MR) is 139 cm³/mol. The number of aliphatic hydroxyl groups is 1. The number of halogens is 7. The van der Waals surface area contributed by atoms with Crippen molar-refractivity contribution in [2.45, 2.75) is 89.7 Å². The van der Waals surface area contributed by atoms with Crippen LogP contribution in [0, 0.1) is 3.57 Å². The second-order valence-corrected chi connectivity index (χ2v) is 13.2. The Kier molecular flexibility index (Phi) is 14.5. The average molecular weight is 683 g/mol. The van der Waals surface area contributed by atoms with Crippen molar-refractivity contribution < 1.29 is 57.3 Å². The molecule has 2 aromatic carbocycles. The van der Waals surface area contributed by atoms with E-state index in [4.69, 9.17) is 4.43 Å². The van der Waals surface area contributed by atoms with E-state index in [9.17, 15) is 30.3 Å². The van der Waals surface area contributed by atoms with E-state index in [2.05, 4.69) is 43.3 Å². The normalized spacial score (nSPS) is 14.2. The van der Waals surface area contributed by atoms with Crippen molar-refractivity contribution in [2.24, 2.45) is 0 Å². The molecule has 0 fully saturated rings. The molecular weight excluding hydrogens is 644 g/mol. The number of aliphatic hydroxyl groups excluding tert-OH is 1. The van der Waals surface area contributed by atoms with Crippen molar-refractivity contribution in [3.63, 3.8) is 0 Å². The Labute approximate surface area is 232 Å². The maximum absolute atomic E-state index is 10.7. The van der Waals surface area contributed by atoms with Gasteiger partial charge in [0.1, 0.15) is 5.75 Å². The van der Waals surface area contributed by atoms with Crippen molar-refractivity contribution in [3.8, 4) is 16.9 Å². The van der Waals surface area contributed by atoms with E-state index >= 15 is 0 Å². The molecule has 37 heavy (non-hydrogen) atoms. The van der Waals surface area contributed by atoms with Gasteiger partial charge >= 0.3 is 42.8 Å². The summed E-state index contributed by atoms with van der Waals surface area (Å²) in [7, 11) is -10.3. The first-order valence-electron chi connectivity index (χ1n) is 12.7. The summed E-state index contributed by atoms with van der Waals surface area (Å²) >= 11 is 2.03. The standard InChI is InChI=1S/C26H38IO2Si.F6P/c1-2-3-4-5-6-7-8-9-10-11-12-25(28)21-30-29-26-19-15-23(16-20-26)22-13-17-24(27)18-14-22;1-7(2,3,4,5)6/h13-20,25,27-28H,2-12,21H2,1H3;/q+1;-1. The Hall–Kier alpha value is -0.843. The summed E-state index contributed by atoms with van der Waals surface area (Å²) in [5.74, 6) is 0.885. The van der Waals surface area contributed by atoms with Crippen molar-refractivity contribution in [1.82, 2.24) is 0 Å². The molecule has 0 bridgehead atoms. The number of unbranched alkanes of at least 4 members (excludes halogenated alkanes) is 9. The maximum atomic E-state index is 10.2. The van der Waals surface area contributed by atoms with Gasteiger partial charge in [0.2, 0.25) is 0 Å². The first-order chi connectivity index (χ1) is 17.1. The van der Waals surface area contributed by atoms with Gasteiger partial charge in [-0.25, -0.2) is 0 Å². The monoisotopic (exact) mass is 682 g/mol. The fraction of sp³-hybridized carbons (Fsp3) is 0.538. The number of hydrogen-bond donors (Lipinski definition) is 1. The molecule has 0 spiro atoms. The Balaban J connectivity index is 0.000000856. The summed E-state index contributed by atoms with van der Waals surface area (Å²) in [5, 5.41) is 10.2. The molecule has 0 aliphatic heterocycles. The molecule has 0 saturated carbocycles. The van der Waals surface area contributed by atoms with E-state index in [0.717, 1.165) is 24.6 Å². The zero-order valence-corrected chi connectivity index (χ0v) is 25.4. The van der Waals surface area contributed by atoms with E-state index in [1.807, 2.05) is 34.7 Å². The van der Waals surface area contributed by atoms with E-state index in [1.165, 1.54) is 72.5 Å². The summed E-state index contributed by atoms with van der Waals surface area (Å²) in [6, 6.07) is 17.6. The topological polar surface area (TPSA) is 29.5 Å². The summed E-state index contributed by atoms with van der Waals surface area (Å²) < 4.78 is 66.3. The van der Waals surface area contributed by atoms with Crippen LogP contribution in [-0.2, 0) is 0 Å². The molecule has 2 nitrogen and oxygen atoms in total. The van der Waals surface area contributed by atoms with Crippen molar-refractivity contribution in [2.75, 3.05) is 0 Å². The molecule has 1 N–H and O–H groups in total. The first kappa shape index (κ1) is 34.2. The zero-order valence-electron chi connectivity index (χ0n) is 21.2. The molecule has 1 atom stereocenters. The Morgan fingerprint density at radius 3 is 1.59 bits per heavy atom. The van der Waals surface area contributed by atoms with Crippen LogP contribution in [0.2, 0.25) is 6.04 Å². The van der Waals surface area contributed by atoms with Gasteiger partial charge in [0.05, 0.1) is 6.10 Å². The fourth-order valence-electron chi connectivity index (χ4n) is 3.55. The first-order valence-corrected chi connectivity index (χ1v) is 17.0. The molecule has 0 aliphatic carbocycles. The van der Waals surface area contributed by atoms with Gasteiger partial charge in [-0.05, 0) is 53.9 Å². The van der Waals surface area contributed by atoms with Crippen LogP contribution in [0.4, 0.5) is 25.2 Å². The third-order valence-corrected chi connectivity index (χ3v) is 7.24. The predicted octanol–water partition coefficient (Wildman–Crippen LogP) is 7.28. The summed E-state index contributed by atoms with van der Waals surface area (Å²) in [6.07, 6.45) is 14.0. The van der Waals surface area contributed by atoms with E-state index in [0.29, 0.717) is 9.76 Å². The van der Waals surface area contributed by atoms with E-state index in [1.54, 1.807) is 0 Å². The quantitative estimate of drug-likeness (QED) is 0.0664. The van der Waals surface area contributed by atoms with Crippen LogP contribution >= 0.6 is 7.81 Å². The molecule has 0 amide bonds. The van der Waals surface area contributed by atoms with Crippen LogP contribution in [0.1, 0.15) is 77.6 Å². The summed E-state index contributed by atoms with van der Waals surface area (Å²) in [5.41, 5.74) is 2.43. The Bertz CT molecular complexity index is 870. The van der Waals surface area contributed by atoms with Gasteiger partial charge in [-0.1, -0.05) is 83.3 Å². The second-order valence-electron chi connectivity index (χ2n) is 9.08. The fourth-order valence-corrected chi connectivity index (χ4v) is 4.72. The molecule has 2 rings (SSSR count). The van der Waals surface area contributed by atoms with Gasteiger partial charge in [0, 0.05) is 6.04 Å². The van der Waals surface area contributed by atoms with Crippen LogP contribution in [0.25, 0.3) is 11.1 Å². The molecule has 0 saturated heterocycles. The summed E-state index contributed by atoms with van der Waals surface area (Å²) in [6.45, 7) is 2.27. The number of benzene rings is 2. The Morgan fingerprint density at radius 1 is 0.730 bits per heavy atom. The minimum absolute atomic E-state index is 0.232. The Morgan fingerprint density at radius 2 is 1.14 bits per heavy atom. The van der Waals surface area contributed by atoms with Crippen molar-refractivity contribution in [3.05, 3.63) is 52.1 Å². The molecule has 0 aromatic heterocycles. The van der Waals surface area contributed by atoms with Crippen LogP contribution in [0.3, 0.4) is 0 Å². The van der Waals surface area contributed by atoms with Crippen molar-refractivity contribution in [1.29, 1.82) is 0 Å². The summed E-state index contributed by atoms with van der Waals surface area (Å²) in [4.78, 5) is 0. The zero-order chi connectivity index (χ0) is 27.9. The molecule has 11 heteroatoms. The third kappa shape index (κ3) is 22.8. The van der Waals surface area contributed by atoms with Gasteiger partial charge in [0.25, 0.3) is 22.6 Å². The molecule has 2 aromatic rings. The van der Waals surface area contributed by atoms with Crippen LogP contribution in [-0.4, -0.2) is 21.0 Å². The van der Waals surface area contributed by atoms with Gasteiger partial charge in [-0.2, -0.15) is 0 Å². The molecule has 0 aliphatic rings. The SMILES string of the molecule is CCCCCCCCCCCCC(O)C[Si]Oc1ccc(-c2ccc([IH+])cc2)cc1.F[P-](F)(F)(F)(F)F. The van der Waals surface area contributed by atoms with E-state index in [-0.39, 0.29) is 6.10 Å². The minimum atomic E-state index is -10.7. The average Bonchev–Trinajstić information content (AvgIpc) is 2.79. The van der Waals surface area contributed by atoms with Gasteiger partial charge in [0.15, 0.2) is 3.57 Å². The number of rotatable bonds is 16. The molecule has 2 radical (unpaired) electrons. The molecule has 0 heterocycles. The molecule has 1 unspecified atom stereocenters. The van der Waals surface area contributed by atoms with Gasteiger partial charge < -0.3 is 9.53 Å². The number of hydrogen-bond acceptors (Lipinski definition) is 2. The van der Waals surface area contributed by atoms with Crippen LogP contribution in [0.5, 0.6) is 5.75 Å². The third-order valence-electron chi connectivity index (χ3n) is 5.44. The molecule has 212 valence electrons. The van der Waals surface area contributed by atoms with Crippen LogP contribution < -0.4 is 27.0 Å². The second kappa shape index (κ2) is 15.7. The van der Waals surface area contributed by atoms with Gasteiger partial charge in [-0.3, -0.25) is 0 Å². The van der Waals surface area contributed by atoms with Crippen molar-refractivity contribution >= 4 is 17.6 Å².